The fourth-order valence-corrected chi connectivity index (χ4v) is 4.68. The second kappa shape index (κ2) is 8.81. The van der Waals surface area contributed by atoms with E-state index in [1.54, 1.807) is 13.8 Å². The molecule has 0 N–H and O–H groups in total. The molecule has 0 unspecified atom stereocenters. The Morgan fingerprint density at radius 3 is 2.29 bits per heavy atom. The van der Waals surface area contributed by atoms with Gasteiger partial charge in [0.25, 0.3) is 10.0 Å². The van der Waals surface area contributed by atoms with Crippen LogP contribution in [0.4, 0.5) is 5.69 Å². The molecule has 1 amide bonds. The quantitative estimate of drug-likeness (QED) is 0.505. The first-order chi connectivity index (χ1) is 14.7. The summed E-state index contributed by atoms with van der Waals surface area (Å²) in [6.07, 6.45) is 0. The molecule has 0 spiro atoms. The van der Waals surface area contributed by atoms with Gasteiger partial charge in [0.05, 0.1) is 23.8 Å². The number of anilines is 1. The zero-order valence-electron chi connectivity index (χ0n) is 17.7. The number of furan rings is 1. The van der Waals surface area contributed by atoms with Crippen molar-refractivity contribution in [2.24, 2.45) is 0 Å². The summed E-state index contributed by atoms with van der Waals surface area (Å²) in [4.78, 5) is 24.7. The van der Waals surface area contributed by atoms with Crippen molar-refractivity contribution in [1.82, 2.24) is 0 Å². The van der Waals surface area contributed by atoms with Crippen LogP contribution in [0.5, 0.6) is 5.75 Å². The van der Waals surface area contributed by atoms with Crippen molar-refractivity contribution in [3.63, 3.8) is 0 Å². The Morgan fingerprint density at radius 2 is 1.71 bits per heavy atom. The summed E-state index contributed by atoms with van der Waals surface area (Å²) in [5.74, 6) is -0.426. The second-order valence-electron chi connectivity index (χ2n) is 6.63. The van der Waals surface area contributed by atoms with E-state index in [1.165, 1.54) is 42.5 Å². The Morgan fingerprint density at radius 1 is 1.03 bits per heavy atom. The minimum absolute atomic E-state index is 0.0692. The van der Waals surface area contributed by atoms with Crippen molar-refractivity contribution >= 4 is 38.6 Å². The normalized spacial score (nSPS) is 11.4. The molecule has 0 saturated heterocycles. The van der Waals surface area contributed by atoms with Crippen LogP contribution in [0.3, 0.4) is 0 Å². The van der Waals surface area contributed by atoms with Gasteiger partial charge < -0.3 is 13.9 Å². The minimum Gasteiger partial charge on any atom is -0.494 e. The number of amides is 1. The second-order valence-corrected chi connectivity index (χ2v) is 8.41. The average molecular weight is 445 g/mol. The number of aryl methyl sites for hydroxylation is 1. The van der Waals surface area contributed by atoms with Gasteiger partial charge in [-0.1, -0.05) is 0 Å². The van der Waals surface area contributed by atoms with Gasteiger partial charge in [-0.15, -0.1) is 0 Å². The molecule has 0 bridgehead atoms. The molecule has 0 radical (unpaired) electrons. The summed E-state index contributed by atoms with van der Waals surface area (Å²) in [7, 11) is -4.21. The minimum atomic E-state index is -4.21. The first-order valence-corrected chi connectivity index (χ1v) is 11.1. The Bertz CT molecular complexity index is 1230. The van der Waals surface area contributed by atoms with Gasteiger partial charge >= 0.3 is 5.97 Å². The van der Waals surface area contributed by atoms with Crippen molar-refractivity contribution in [2.75, 3.05) is 17.5 Å². The maximum Gasteiger partial charge on any atom is 0.342 e. The number of rotatable bonds is 7. The van der Waals surface area contributed by atoms with Crippen LogP contribution in [0, 0.1) is 6.92 Å². The Balaban J connectivity index is 2.11. The monoisotopic (exact) mass is 445 g/mol. The van der Waals surface area contributed by atoms with E-state index >= 15 is 0 Å². The lowest BCUT2D eigenvalue weighted by Crippen LogP contribution is -2.35. The van der Waals surface area contributed by atoms with Crippen LogP contribution >= 0.6 is 0 Å². The third kappa shape index (κ3) is 4.27. The van der Waals surface area contributed by atoms with Crippen LogP contribution in [0.1, 0.15) is 36.9 Å². The molecular weight excluding hydrogens is 422 g/mol. The van der Waals surface area contributed by atoms with Crippen LogP contribution in [0.2, 0.25) is 0 Å². The van der Waals surface area contributed by atoms with Crippen molar-refractivity contribution in [3.8, 4) is 5.75 Å². The zero-order chi connectivity index (χ0) is 22.8. The summed E-state index contributed by atoms with van der Waals surface area (Å²) in [5.41, 5.74) is 0.659. The molecular formula is C22H23NO7S. The molecule has 3 rings (SSSR count). The molecule has 164 valence electrons. The highest BCUT2D eigenvalue weighted by molar-refractivity contribution is 7.93. The van der Waals surface area contributed by atoms with Gasteiger partial charge in [0, 0.05) is 12.3 Å². The number of hydrogen-bond donors (Lipinski definition) is 0. The lowest BCUT2D eigenvalue weighted by atomic mass is 10.1. The van der Waals surface area contributed by atoms with E-state index in [9.17, 15) is 18.0 Å². The topological polar surface area (TPSA) is 103 Å². The molecule has 9 heteroatoms. The molecule has 0 fully saturated rings. The third-order valence-electron chi connectivity index (χ3n) is 4.52. The van der Waals surface area contributed by atoms with Crippen molar-refractivity contribution < 1.29 is 31.9 Å². The van der Waals surface area contributed by atoms with Gasteiger partial charge in [0.15, 0.2) is 0 Å². The molecule has 31 heavy (non-hydrogen) atoms. The smallest absolute Gasteiger partial charge is 0.342 e. The average Bonchev–Trinajstić information content (AvgIpc) is 3.03. The summed E-state index contributed by atoms with van der Waals surface area (Å²) < 4.78 is 43.2. The number of esters is 1. The standard InChI is InChI=1S/C22H23NO7S/c1-5-28-17-8-10-18(11-9-17)31(26,27)23(15(4)24)16-7-12-20-19(13-16)21(14(3)30-20)22(25)29-6-2/h7-13H,5-6H2,1-4H3. The summed E-state index contributed by atoms with van der Waals surface area (Å²) in [6, 6.07) is 10.2. The zero-order valence-corrected chi connectivity index (χ0v) is 18.5. The maximum absolute atomic E-state index is 13.3. The number of ether oxygens (including phenoxy) is 2. The number of nitrogens with zero attached hydrogens (tertiary/aromatic N) is 1. The van der Waals surface area contributed by atoms with Crippen molar-refractivity contribution in [2.45, 2.75) is 32.6 Å². The molecule has 8 nitrogen and oxygen atoms in total. The Kier molecular flexibility index (Phi) is 6.35. The molecule has 0 aliphatic rings. The molecule has 1 heterocycles. The van der Waals surface area contributed by atoms with Gasteiger partial charge in [0.2, 0.25) is 5.91 Å². The van der Waals surface area contributed by atoms with Gasteiger partial charge in [-0.3, -0.25) is 4.79 Å². The highest BCUT2D eigenvalue weighted by atomic mass is 32.2. The molecule has 0 atom stereocenters. The van der Waals surface area contributed by atoms with Crippen LogP contribution < -0.4 is 9.04 Å². The molecule has 0 saturated carbocycles. The lowest BCUT2D eigenvalue weighted by molar-refractivity contribution is -0.115. The number of sulfonamides is 1. The molecule has 1 aromatic heterocycles. The van der Waals surface area contributed by atoms with E-state index in [0.29, 0.717) is 33.4 Å². The summed E-state index contributed by atoms with van der Waals surface area (Å²) in [5, 5.41) is 0.363. The number of benzene rings is 2. The lowest BCUT2D eigenvalue weighted by Gasteiger charge is -2.21. The number of hydrogen-bond acceptors (Lipinski definition) is 7. The fourth-order valence-electron chi connectivity index (χ4n) is 3.26. The summed E-state index contributed by atoms with van der Waals surface area (Å²) in [6.45, 7) is 6.89. The predicted molar refractivity (Wildman–Crippen MR) is 115 cm³/mol. The Labute approximate surface area is 180 Å². The van der Waals surface area contributed by atoms with Gasteiger partial charge in [-0.25, -0.2) is 17.5 Å². The highest BCUT2D eigenvalue weighted by Crippen LogP contribution is 2.32. The van der Waals surface area contributed by atoms with E-state index in [0.717, 1.165) is 6.92 Å². The van der Waals surface area contributed by atoms with Crippen LogP contribution in [-0.4, -0.2) is 33.5 Å². The third-order valence-corrected chi connectivity index (χ3v) is 6.34. The first-order valence-electron chi connectivity index (χ1n) is 9.69. The summed E-state index contributed by atoms with van der Waals surface area (Å²) >= 11 is 0. The molecule has 0 aliphatic heterocycles. The van der Waals surface area contributed by atoms with E-state index in [4.69, 9.17) is 13.9 Å². The fraction of sp³-hybridized carbons (Fsp3) is 0.273. The van der Waals surface area contributed by atoms with E-state index in [-0.39, 0.29) is 22.8 Å². The maximum atomic E-state index is 13.3. The largest absolute Gasteiger partial charge is 0.494 e. The highest BCUT2D eigenvalue weighted by Gasteiger charge is 2.30. The number of carbonyl (C=O) groups excluding carboxylic acids is 2. The molecule has 0 aliphatic carbocycles. The molecule has 2 aromatic carbocycles. The number of fused-ring (bicyclic) bond motifs is 1. The predicted octanol–water partition coefficient (Wildman–Crippen LogP) is 4.06. The molecule has 3 aromatic rings. The van der Waals surface area contributed by atoms with E-state index in [1.807, 2.05) is 6.92 Å². The van der Waals surface area contributed by atoms with Gasteiger partial charge in [0.1, 0.15) is 22.7 Å². The van der Waals surface area contributed by atoms with Crippen molar-refractivity contribution in [1.29, 1.82) is 0 Å². The number of carbonyl (C=O) groups is 2. The van der Waals surface area contributed by atoms with Crippen LogP contribution in [0.25, 0.3) is 11.0 Å². The van der Waals surface area contributed by atoms with E-state index < -0.39 is 21.9 Å². The van der Waals surface area contributed by atoms with Crippen molar-refractivity contribution in [3.05, 3.63) is 53.8 Å². The van der Waals surface area contributed by atoms with E-state index in [2.05, 4.69) is 0 Å². The Hall–Kier alpha value is -3.33. The van der Waals surface area contributed by atoms with Crippen LogP contribution in [-0.2, 0) is 19.6 Å². The van der Waals surface area contributed by atoms with Crippen LogP contribution in [0.15, 0.2) is 51.8 Å². The van der Waals surface area contributed by atoms with Gasteiger partial charge in [-0.2, -0.15) is 0 Å². The first kappa shape index (κ1) is 22.4. The van der Waals surface area contributed by atoms with Gasteiger partial charge in [-0.05, 0) is 63.2 Å². The SMILES string of the molecule is CCOC(=O)c1c(C)oc2ccc(N(C(C)=O)S(=O)(=O)c3ccc(OCC)cc3)cc12.